The third kappa shape index (κ3) is 3.31. The molecule has 3 heteroatoms. The van der Waals surface area contributed by atoms with Gasteiger partial charge in [-0.1, -0.05) is 60.7 Å². The maximum atomic E-state index is 5.54. The van der Waals surface area contributed by atoms with Gasteiger partial charge >= 0.3 is 0 Å². The van der Waals surface area contributed by atoms with Gasteiger partial charge < -0.3 is 0 Å². The summed E-state index contributed by atoms with van der Waals surface area (Å²) in [7, 11) is 0. The van der Waals surface area contributed by atoms with Gasteiger partial charge in [0.25, 0.3) is 0 Å². The number of aryl methyl sites for hydroxylation is 1. The minimum atomic E-state index is 0.605. The van der Waals surface area contributed by atoms with Crippen LogP contribution in [-0.2, 0) is 0 Å². The Labute approximate surface area is 146 Å². The van der Waals surface area contributed by atoms with Crippen LogP contribution in [0, 0.1) is 6.92 Å². The largest absolute Gasteiger partial charge is 0.290 e. The first-order chi connectivity index (χ1) is 12.3. The second kappa shape index (κ2) is 6.65. The van der Waals surface area contributed by atoms with Crippen LogP contribution < -0.4 is 9.78 Å². The molecule has 1 aromatic heterocycles. The van der Waals surface area contributed by atoms with E-state index >= 15 is 0 Å². The number of rotatable bonds is 4. The van der Waals surface area contributed by atoms with Crippen LogP contribution in [0.2, 0.25) is 0 Å². The number of benzene rings is 3. The fraction of sp³-hybridized carbons (Fsp3) is 0.0455. The van der Waals surface area contributed by atoms with E-state index in [0.717, 1.165) is 22.2 Å². The first kappa shape index (κ1) is 15.2. The Hall–Kier alpha value is -3.33. The maximum Gasteiger partial charge on any atom is 0.204 e. The molecule has 0 radical (unpaired) electrons. The molecule has 122 valence electrons. The van der Waals surface area contributed by atoms with E-state index in [1.54, 1.807) is 0 Å². The molecule has 3 nitrogen and oxygen atoms in total. The normalized spacial score (nSPS) is 10.6. The van der Waals surface area contributed by atoms with E-state index in [-0.39, 0.29) is 0 Å². The molecule has 0 unspecified atom stereocenters. The van der Waals surface area contributed by atoms with Gasteiger partial charge in [0, 0.05) is 11.1 Å². The van der Waals surface area contributed by atoms with E-state index in [9.17, 15) is 0 Å². The lowest BCUT2D eigenvalue weighted by atomic mass is 10.1. The molecule has 4 aromatic rings. The summed E-state index contributed by atoms with van der Waals surface area (Å²) in [6.45, 7) is 1.96. The summed E-state index contributed by atoms with van der Waals surface area (Å²) >= 11 is 0. The van der Waals surface area contributed by atoms with Gasteiger partial charge in [-0.25, -0.2) is 4.98 Å². The lowest BCUT2D eigenvalue weighted by Crippen LogP contribution is -2.01. The van der Waals surface area contributed by atoms with Crippen molar-refractivity contribution in [3.63, 3.8) is 0 Å². The summed E-state index contributed by atoms with van der Waals surface area (Å²) in [5.41, 5.74) is 4.04. The molecule has 0 aliphatic heterocycles. The van der Waals surface area contributed by atoms with Crippen LogP contribution in [0.15, 0.2) is 84.9 Å². The van der Waals surface area contributed by atoms with E-state index in [2.05, 4.69) is 17.1 Å². The summed E-state index contributed by atoms with van der Waals surface area (Å²) in [5, 5.41) is 1.02. The van der Waals surface area contributed by atoms with E-state index in [4.69, 9.17) is 9.78 Å². The molecule has 4 rings (SSSR count). The average molecular weight is 327 g/mol. The van der Waals surface area contributed by atoms with E-state index in [1.807, 2.05) is 79.7 Å². The Morgan fingerprint density at radius 2 is 1.40 bits per heavy atom. The van der Waals surface area contributed by atoms with Crippen LogP contribution in [0.1, 0.15) is 5.69 Å². The third-order valence-electron chi connectivity index (χ3n) is 4.01. The highest BCUT2D eigenvalue weighted by atomic mass is 17.2. The van der Waals surface area contributed by atoms with E-state index < -0.39 is 0 Å². The highest BCUT2D eigenvalue weighted by Crippen LogP contribution is 2.26. The summed E-state index contributed by atoms with van der Waals surface area (Å²) in [5.74, 6) is 1.25. The summed E-state index contributed by atoms with van der Waals surface area (Å²) in [4.78, 5) is 15.6. The number of hydrogen-bond acceptors (Lipinski definition) is 3. The van der Waals surface area contributed by atoms with Crippen LogP contribution in [0.25, 0.3) is 22.0 Å². The van der Waals surface area contributed by atoms with Crippen molar-refractivity contribution in [3.05, 3.63) is 90.6 Å². The zero-order valence-electron chi connectivity index (χ0n) is 13.8. The third-order valence-corrected chi connectivity index (χ3v) is 4.01. The van der Waals surface area contributed by atoms with Crippen molar-refractivity contribution in [2.24, 2.45) is 0 Å². The Balaban J connectivity index is 1.53. The average Bonchev–Trinajstić information content (AvgIpc) is 2.67. The van der Waals surface area contributed by atoms with Gasteiger partial charge in [0.15, 0.2) is 5.75 Å². The molecule has 0 aliphatic rings. The smallest absolute Gasteiger partial charge is 0.204 e. The van der Waals surface area contributed by atoms with E-state index in [0.29, 0.717) is 11.5 Å². The van der Waals surface area contributed by atoms with Crippen molar-refractivity contribution in [2.45, 2.75) is 6.92 Å². The van der Waals surface area contributed by atoms with Gasteiger partial charge in [0.1, 0.15) is 5.52 Å². The summed E-state index contributed by atoms with van der Waals surface area (Å²) < 4.78 is 0. The zero-order chi connectivity index (χ0) is 17.1. The molecule has 0 saturated heterocycles. The fourth-order valence-corrected chi connectivity index (χ4v) is 2.71. The molecule has 3 aromatic carbocycles. The highest BCUT2D eigenvalue weighted by molar-refractivity contribution is 5.84. The zero-order valence-corrected chi connectivity index (χ0v) is 13.8. The van der Waals surface area contributed by atoms with Gasteiger partial charge in [0.2, 0.25) is 5.75 Å². The van der Waals surface area contributed by atoms with Gasteiger partial charge in [0.05, 0.1) is 0 Å². The Kier molecular flexibility index (Phi) is 4.05. The number of fused-ring (bicyclic) bond motifs is 1. The van der Waals surface area contributed by atoms with Crippen molar-refractivity contribution < 1.29 is 9.78 Å². The molecule has 0 saturated carbocycles. The molecule has 0 aliphatic carbocycles. The molecule has 0 N–H and O–H groups in total. The number of para-hydroxylation sites is 1. The molecular formula is C22H17NO2. The second-order valence-electron chi connectivity index (χ2n) is 5.84. The lowest BCUT2D eigenvalue weighted by Gasteiger charge is -2.09. The summed E-state index contributed by atoms with van der Waals surface area (Å²) in [6.07, 6.45) is 0. The van der Waals surface area contributed by atoms with Crippen molar-refractivity contribution in [3.8, 4) is 22.6 Å². The second-order valence-corrected chi connectivity index (χ2v) is 5.84. The topological polar surface area (TPSA) is 31.4 Å². The molecule has 0 atom stereocenters. The van der Waals surface area contributed by atoms with Crippen LogP contribution in [0.4, 0.5) is 0 Å². The molecule has 0 spiro atoms. The molecule has 0 bridgehead atoms. The fourth-order valence-electron chi connectivity index (χ4n) is 2.71. The standard InChI is InChI=1S/C22H17NO2/c1-16-10-11-19-8-5-9-21(22(19)23-16)25-24-20-14-12-18(13-15-20)17-6-3-2-4-7-17/h2-15H,1H3. The number of hydrogen-bond donors (Lipinski definition) is 0. The molecule has 25 heavy (non-hydrogen) atoms. The maximum absolute atomic E-state index is 5.54. The molecule has 1 heterocycles. The number of nitrogens with zero attached hydrogens (tertiary/aromatic N) is 1. The number of aromatic nitrogens is 1. The Morgan fingerprint density at radius 3 is 2.20 bits per heavy atom. The Bertz CT molecular complexity index is 995. The quantitative estimate of drug-likeness (QED) is 0.362. The van der Waals surface area contributed by atoms with Crippen molar-refractivity contribution >= 4 is 10.9 Å². The van der Waals surface area contributed by atoms with Gasteiger partial charge in [-0.05, 0) is 42.3 Å². The predicted octanol–water partition coefficient (Wildman–Crippen LogP) is 5.58. The first-order valence-electron chi connectivity index (χ1n) is 8.16. The van der Waals surface area contributed by atoms with Crippen LogP contribution in [0.3, 0.4) is 0 Å². The van der Waals surface area contributed by atoms with Crippen molar-refractivity contribution in [1.29, 1.82) is 0 Å². The summed E-state index contributed by atoms with van der Waals surface area (Å²) in [6, 6.07) is 27.8. The van der Waals surface area contributed by atoms with Gasteiger partial charge in [-0.2, -0.15) is 0 Å². The SMILES string of the molecule is Cc1ccc2cccc(OOc3ccc(-c4ccccc4)cc3)c2n1. The van der Waals surface area contributed by atoms with Crippen LogP contribution >= 0.6 is 0 Å². The molecule has 0 fully saturated rings. The molecular weight excluding hydrogens is 310 g/mol. The van der Waals surface area contributed by atoms with Crippen molar-refractivity contribution in [1.82, 2.24) is 4.98 Å². The van der Waals surface area contributed by atoms with Gasteiger partial charge in [-0.3, -0.25) is 9.78 Å². The highest BCUT2D eigenvalue weighted by Gasteiger charge is 2.06. The monoisotopic (exact) mass is 327 g/mol. The number of pyridine rings is 1. The molecule has 0 amide bonds. The van der Waals surface area contributed by atoms with Crippen LogP contribution in [-0.4, -0.2) is 4.98 Å². The minimum absolute atomic E-state index is 0.605. The van der Waals surface area contributed by atoms with Gasteiger partial charge in [-0.15, -0.1) is 0 Å². The Morgan fingerprint density at radius 1 is 0.640 bits per heavy atom. The first-order valence-corrected chi connectivity index (χ1v) is 8.16. The van der Waals surface area contributed by atoms with Crippen molar-refractivity contribution in [2.75, 3.05) is 0 Å². The van der Waals surface area contributed by atoms with Crippen LogP contribution in [0.5, 0.6) is 11.5 Å². The minimum Gasteiger partial charge on any atom is -0.290 e. The lowest BCUT2D eigenvalue weighted by molar-refractivity contribution is -0.0985. The van der Waals surface area contributed by atoms with E-state index in [1.165, 1.54) is 5.56 Å². The predicted molar refractivity (Wildman–Crippen MR) is 99.6 cm³/mol.